The minimum Gasteiger partial charge on any atom is -0.383 e. The molecule has 0 fully saturated rings. The first-order chi connectivity index (χ1) is 11.7. The van der Waals surface area contributed by atoms with Gasteiger partial charge in [-0.1, -0.05) is 12.1 Å². The minimum atomic E-state index is -0.100. The monoisotopic (exact) mass is 329 g/mol. The summed E-state index contributed by atoms with van der Waals surface area (Å²) in [5.41, 5.74) is 1.54. The van der Waals surface area contributed by atoms with Crippen LogP contribution < -0.4 is 0 Å². The van der Waals surface area contributed by atoms with Crippen molar-refractivity contribution in [3.63, 3.8) is 0 Å². The van der Waals surface area contributed by atoms with E-state index in [1.54, 1.807) is 25.4 Å². The summed E-state index contributed by atoms with van der Waals surface area (Å²) in [6, 6.07) is 7.51. The second-order valence-corrected chi connectivity index (χ2v) is 5.40. The van der Waals surface area contributed by atoms with Gasteiger partial charge in [0.25, 0.3) is 0 Å². The van der Waals surface area contributed by atoms with Gasteiger partial charge in [-0.25, -0.2) is 0 Å². The van der Waals surface area contributed by atoms with Gasteiger partial charge in [0.05, 0.1) is 13.2 Å². The van der Waals surface area contributed by atoms with Crippen LogP contribution in [0.1, 0.15) is 5.82 Å². The molecule has 126 valence electrons. The Labute approximate surface area is 138 Å². The predicted octanol–water partition coefficient (Wildman–Crippen LogP) is 0.328. The van der Waals surface area contributed by atoms with Crippen molar-refractivity contribution in [2.24, 2.45) is 0 Å². The van der Waals surface area contributed by atoms with Crippen LogP contribution in [0.5, 0.6) is 0 Å². The van der Waals surface area contributed by atoms with Gasteiger partial charge in [-0.15, -0.1) is 10.2 Å². The zero-order valence-corrected chi connectivity index (χ0v) is 13.7. The zero-order chi connectivity index (χ0) is 16.9. The number of fused-ring (bicyclic) bond motifs is 1. The van der Waals surface area contributed by atoms with Gasteiger partial charge in [0, 0.05) is 20.7 Å². The van der Waals surface area contributed by atoms with Crippen LogP contribution in [0.15, 0.2) is 30.6 Å². The van der Waals surface area contributed by atoms with Crippen LogP contribution in [0, 0.1) is 0 Å². The van der Waals surface area contributed by atoms with E-state index in [4.69, 9.17) is 4.74 Å². The van der Waals surface area contributed by atoms with E-state index in [0.717, 1.165) is 11.0 Å². The number of likely N-dealkylation sites (N-methyl/N-ethyl adjacent to an activating group) is 1. The molecule has 0 bridgehead atoms. The highest BCUT2D eigenvalue weighted by Gasteiger charge is 2.15. The molecule has 0 aliphatic carbocycles. The Morgan fingerprint density at radius 1 is 1.25 bits per heavy atom. The summed E-state index contributed by atoms with van der Waals surface area (Å²) in [4.78, 5) is 15.4. The van der Waals surface area contributed by atoms with Gasteiger partial charge in [-0.3, -0.25) is 4.79 Å². The molecule has 0 radical (unpaired) electrons. The number of benzene rings is 1. The maximum Gasteiger partial charge on any atom is 0.246 e. The number of hydrogen-bond acceptors (Lipinski definition) is 6. The molecule has 2 heterocycles. The van der Waals surface area contributed by atoms with Gasteiger partial charge in [0.15, 0.2) is 5.82 Å². The van der Waals surface area contributed by atoms with Crippen molar-refractivity contribution >= 4 is 16.9 Å². The minimum absolute atomic E-state index is 0.0807. The lowest BCUT2D eigenvalue weighted by molar-refractivity contribution is -0.131. The number of carbonyl (C=O) groups is 1. The largest absolute Gasteiger partial charge is 0.383 e. The molecule has 3 aromatic rings. The highest BCUT2D eigenvalue weighted by molar-refractivity contribution is 5.76. The normalized spacial score (nSPS) is 11.1. The number of amides is 1. The Morgan fingerprint density at radius 2 is 1.96 bits per heavy atom. The maximum atomic E-state index is 12.4. The fraction of sp³-hybridized carbons (Fsp3) is 0.400. The molecular weight excluding hydrogens is 310 g/mol. The van der Waals surface area contributed by atoms with Crippen LogP contribution in [0.2, 0.25) is 0 Å². The number of rotatable bonds is 7. The molecule has 9 nitrogen and oxygen atoms in total. The van der Waals surface area contributed by atoms with Crippen molar-refractivity contribution < 1.29 is 9.53 Å². The van der Waals surface area contributed by atoms with Gasteiger partial charge >= 0.3 is 0 Å². The molecule has 3 rings (SSSR count). The Balaban J connectivity index is 1.63. The van der Waals surface area contributed by atoms with Crippen molar-refractivity contribution in [2.45, 2.75) is 19.6 Å². The number of carbonyl (C=O) groups excluding carboxylic acids is 1. The Bertz CT molecular complexity index is 793. The lowest BCUT2D eigenvalue weighted by Gasteiger charge is -2.16. The van der Waals surface area contributed by atoms with Gasteiger partial charge < -0.3 is 14.2 Å². The fourth-order valence-electron chi connectivity index (χ4n) is 2.29. The fourth-order valence-corrected chi connectivity index (χ4v) is 2.29. The molecule has 0 aliphatic rings. The molecule has 0 saturated heterocycles. The van der Waals surface area contributed by atoms with Crippen molar-refractivity contribution in [3.8, 4) is 0 Å². The number of hydrogen-bond donors (Lipinski definition) is 0. The molecule has 1 aromatic carbocycles. The van der Waals surface area contributed by atoms with Crippen LogP contribution in [0.4, 0.5) is 0 Å². The standard InChI is InChI=1S/C15H19N7O2/c1-20(9-14-17-16-11-21(14)7-8-24-2)15(23)10-22-18-12-5-3-4-6-13(12)19-22/h3-6,11H,7-10H2,1-2H3. The number of ether oxygens (including phenoxy) is 1. The molecule has 2 aromatic heterocycles. The van der Waals surface area contributed by atoms with Crippen molar-refractivity contribution in [3.05, 3.63) is 36.4 Å². The van der Waals surface area contributed by atoms with Crippen molar-refractivity contribution in [1.29, 1.82) is 0 Å². The van der Waals surface area contributed by atoms with Crippen LogP contribution in [-0.2, 0) is 29.2 Å². The van der Waals surface area contributed by atoms with Gasteiger partial charge in [-0.2, -0.15) is 15.0 Å². The zero-order valence-electron chi connectivity index (χ0n) is 13.7. The van der Waals surface area contributed by atoms with E-state index in [2.05, 4.69) is 20.4 Å². The number of nitrogens with zero attached hydrogens (tertiary/aromatic N) is 7. The lowest BCUT2D eigenvalue weighted by atomic mass is 10.3. The molecule has 9 heteroatoms. The summed E-state index contributed by atoms with van der Waals surface area (Å²) in [6.07, 6.45) is 1.63. The van der Waals surface area contributed by atoms with E-state index in [1.165, 1.54) is 4.80 Å². The maximum absolute atomic E-state index is 12.4. The van der Waals surface area contributed by atoms with E-state index in [0.29, 0.717) is 25.5 Å². The molecule has 24 heavy (non-hydrogen) atoms. The second kappa shape index (κ2) is 7.18. The Hall–Kier alpha value is -2.81. The third-order valence-corrected chi connectivity index (χ3v) is 3.64. The van der Waals surface area contributed by atoms with E-state index in [-0.39, 0.29) is 12.5 Å². The summed E-state index contributed by atoms with van der Waals surface area (Å²) < 4.78 is 6.92. The SMILES string of the molecule is COCCn1cnnc1CN(C)C(=O)Cn1nc2ccccc2n1. The predicted molar refractivity (Wildman–Crippen MR) is 85.9 cm³/mol. The highest BCUT2D eigenvalue weighted by atomic mass is 16.5. The molecule has 0 aliphatic heterocycles. The van der Waals surface area contributed by atoms with E-state index in [1.807, 2.05) is 28.8 Å². The Morgan fingerprint density at radius 3 is 2.62 bits per heavy atom. The summed E-state index contributed by atoms with van der Waals surface area (Å²) in [5, 5.41) is 16.5. The topological polar surface area (TPSA) is 91.0 Å². The van der Waals surface area contributed by atoms with Crippen molar-refractivity contribution in [2.75, 3.05) is 20.8 Å². The van der Waals surface area contributed by atoms with Crippen LogP contribution in [0.25, 0.3) is 11.0 Å². The molecule has 0 atom stereocenters. The first-order valence-electron chi connectivity index (χ1n) is 7.57. The lowest BCUT2D eigenvalue weighted by Crippen LogP contribution is -2.31. The molecule has 1 amide bonds. The van der Waals surface area contributed by atoms with E-state index < -0.39 is 0 Å². The van der Waals surface area contributed by atoms with E-state index in [9.17, 15) is 4.79 Å². The average molecular weight is 329 g/mol. The molecule has 0 unspecified atom stereocenters. The second-order valence-electron chi connectivity index (χ2n) is 5.40. The van der Waals surface area contributed by atoms with Gasteiger partial charge in [0.1, 0.15) is 23.9 Å². The molecule has 0 saturated carbocycles. The average Bonchev–Trinajstić information content (AvgIpc) is 3.18. The number of aromatic nitrogens is 6. The van der Waals surface area contributed by atoms with Crippen molar-refractivity contribution in [1.82, 2.24) is 34.7 Å². The number of methoxy groups -OCH3 is 1. The first-order valence-corrected chi connectivity index (χ1v) is 7.57. The van der Waals surface area contributed by atoms with Crippen LogP contribution in [-0.4, -0.2) is 61.3 Å². The van der Waals surface area contributed by atoms with Gasteiger partial charge in [-0.05, 0) is 12.1 Å². The summed E-state index contributed by atoms with van der Waals surface area (Å²) in [7, 11) is 3.36. The molecule has 0 N–H and O–H groups in total. The summed E-state index contributed by atoms with van der Waals surface area (Å²) >= 11 is 0. The third-order valence-electron chi connectivity index (χ3n) is 3.64. The third kappa shape index (κ3) is 3.57. The quantitative estimate of drug-likeness (QED) is 0.620. The summed E-state index contributed by atoms with van der Waals surface area (Å²) in [5.74, 6) is 0.609. The Kier molecular flexibility index (Phi) is 4.80. The smallest absolute Gasteiger partial charge is 0.246 e. The first kappa shape index (κ1) is 16.1. The van der Waals surface area contributed by atoms with Gasteiger partial charge in [0.2, 0.25) is 5.91 Å². The van der Waals surface area contributed by atoms with Crippen LogP contribution in [0.3, 0.4) is 0 Å². The molecular formula is C15H19N7O2. The van der Waals surface area contributed by atoms with Crippen LogP contribution >= 0.6 is 0 Å². The molecule has 0 spiro atoms. The highest BCUT2D eigenvalue weighted by Crippen LogP contribution is 2.07. The van der Waals surface area contributed by atoms with E-state index >= 15 is 0 Å². The summed E-state index contributed by atoms with van der Waals surface area (Å²) in [6.45, 7) is 1.65.